The van der Waals surface area contributed by atoms with Crippen molar-refractivity contribution in [2.45, 2.75) is 0 Å². The highest BCUT2D eigenvalue weighted by molar-refractivity contribution is 7.26. The maximum atomic E-state index is 5.40. The van der Waals surface area contributed by atoms with Gasteiger partial charge in [-0.05, 0) is 63.4 Å². The summed E-state index contributed by atoms with van der Waals surface area (Å²) in [5.74, 6) is 0. The van der Waals surface area contributed by atoms with Crippen molar-refractivity contribution in [1.29, 1.82) is 0 Å². The van der Waals surface area contributed by atoms with Crippen LogP contribution < -0.4 is 0 Å². The van der Waals surface area contributed by atoms with Crippen molar-refractivity contribution in [2.24, 2.45) is 0 Å². The van der Waals surface area contributed by atoms with Gasteiger partial charge in [-0.15, -0.1) is 21.5 Å². The predicted octanol–water partition coefficient (Wildman–Crippen LogP) is 11.0. The minimum absolute atomic E-state index is 0.676. The third-order valence-corrected chi connectivity index (χ3v) is 10.1. The van der Waals surface area contributed by atoms with Gasteiger partial charge in [0.25, 0.3) is 0 Å². The van der Waals surface area contributed by atoms with E-state index in [4.69, 9.17) is 9.97 Å². The molecule has 0 radical (unpaired) electrons. The van der Waals surface area contributed by atoms with E-state index in [1.165, 1.54) is 14.8 Å². The summed E-state index contributed by atoms with van der Waals surface area (Å²) >= 11 is 1.80. The van der Waals surface area contributed by atoms with Gasteiger partial charge in [-0.2, -0.15) is 0 Å². The Bertz CT molecular complexity index is 2590. The minimum Gasteiger partial charge on any atom is -0.256 e. The van der Waals surface area contributed by atoms with Crippen LogP contribution in [0.5, 0.6) is 0 Å². The lowest BCUT2D eigenvalue weighted by molar-refractivity contribution is 0.870. The Morgan fingerprint density at radius 2 is 1.14 bits per heavy atom. The Morgan fingerprint density at radius 3 is 1.90 bits per heavy atom. The van der Waals surface area contributed by atoms with Crippen LogP contribution in [0.2, 0.25) is 0 Å². The number of aromatic nitrogens is 5. The quantitative estimate of drug-likeness (QED) is 0.180. The fourth-order valence-corrected chi connectivity index (χ4v) is 7.93. The number of pyridine rings is 2. The number of hydrogen-bond donors (Lipinski definition) is 0. The molecule has 4 heterocycles. The molecule has 5 nitrogen and oxygen atoms in total. The van der Waals surface area contributed by atoms with E-state index in [1.807, 2.05) is 48.8 Å². The Balaban J connectivity index is 1.47. The molecule has 230 valence electrons. The van der Waals surface area contributed by atoms with Crippen LogP contribution in [0, 0.1) is 0 Å². The molecule has 0 fully saturated rings. The van der Waals surface area contributed by atoms with Crippen LogP contribution in [-0.2, 0) is 0 Å². The molecule has 0 amide bonds. The van der Waals surface area contributed by atoms with Crippen LogP contribution in [0.1, 0.15) is 0 Å². The van der Waals surface area contributed by atoms with Gasteiger partial charge in [-0.25, -0.2) is 0 Å². The highest BCUT2D eigenvalue weighted by atomic mass is 32.1. The van der Waals surface area contributed by atoms with Gasteiger partial charge in [-0.3, -0.25) is 9.97 Å². The third-order valence-electron chi connectivity index (χ3n) is 8.93. The van der Waals surface area contributed by atoms with Crippen LogP contribution >= 0.6 is 11.3 Å². The molecule has 6 heteroatoms. The number of fused-ring (bicyclic) bond motifs is 3. The Kier molecular flexibility index (Phi) is 7.26. The van der Waals surface area contributed by atoms with Gasteiger partial charge < -0.3 is 0 Å². The highest BCUT2D eigenvalue weighted by Crippen LogP contribution is 2.51. The minimum atomic E-state index is 0.676. The van der Waals surface area contributed by atoms with E-state index < -0.39 is 0 Å². The largest absolute Gasteiger partial charge is 0.256 e. The SMILES string of the molecule is c1ccc(-c2ccccc2-c2ccc3sc4ccccc4c3c2-c2ncc(-c3ccccc3)c(-c3ccccn3)c2-c2ccnnn2)cc1. The molecule has 0 unspecified atom stereocenters. The van der Waals surface area contributed by atoms with Crippen molar-refractivity contribution < 1.29 is 0 Å². The fourth-order valence-electron chi connectivity index (χ4n) is 6.81. The van der Waals surface area contributed by atoms with Crippen molar-refractivity contribution in [2.75, 3.05) is 0 Å². The van der Waals surface area contributed by atoms with Crippen molar-refractivity contribution in [1.82, 2.24) is 25.4 Å². The third kappa shape index (κ3) is 5.06. The summed E-state index contributed by atoms with van der Waals surface area (Å²) < 4.78 is 2.42. The van der Waals surface area contributed by atoms with Crippen molar-refractivity contribution in [3.05, 3.63) is 164 Å². The summed E-state index contributed by atoms with van der Waals surface area (Å²) in [7, 11) is 0. The molecular formula is C43H27N5S. The zero-order valence-corrected chi connectivity index (χ0v) is 27.0. The summed E-state index contributed by atoms with van der Waals surface area (Å²) in [5, 5.41) is 15.2. The number of nitrogens with zero attached hydrogens (tertiary/aromatic N) is 5. The van der Waals surface area contributed by atoms with E-state index in [0.717, 1.165) is 66.8 Å². The predicted molar refractivity (Wildman–Crippen MR) is 201 cm³/mol. The summed E-state index contributed by atoms with van der Waals surface area (Å²) in [6.45, 7) is 0. The summed E-state index contributed by atoms with van der Waals surface area (Å²) in [6.07, 6.45) is 5.52. The highest BCUT2D eigenvalue weighted by Gasteiger charge is 2.27. The van der Waals surface area contributed by atoms with Crippen LogP contribution in [0.15, 0.2) is 164 Å². The lowest BCUT2D eigenvalue weighted by Crippen LogP contribution is -2.02. The lowest BCUT2D eigenvalue weighted by Gasteiger charge is -2.21. The smallest absolute Gasteiger partial charge is 0.0992 e. The van der Waals surface area contributed by atoms with Crippen molar-refractivity contribution in [3.63, 3.8) is 0 Å². The number of thiophene rings is 1. The molecule has 0 bridgehead atoms. The van der Waals surface area contributed by atoms with E-state index in [9.17, 15) is 0 Å². The summed E-state index contributed by atoms with van der Waals surface area (Å²) in [6, 6.07) is 50.6. The molecule has 0 N–H and O–H groups in total. The summed E-state index contributed by atoms with van der Waals surface area (Å²) in [5.41, 5.74) is 11.7. The number of benzene rings is 5. The first-order chi connectivity index (χ1) is 24.3. The molecule has 0 aliphatic carbocycles. The average molecular weight is 646 g/mol. The van der Waals surface area contributed by atoms with Gasteiger partial charge in [-0.1, -0.05) is 115 Å². The fraction of sp³-hybridized carbons (Fsp3) is 0. The van der Waals surface area contributed by atoms with Crippen LogP contribution in [0.3, 0.4) is 0 Å². The van der Waals surface area contributed by atoms with E-state index >= 15 is 0 Å². The molecule has 49 heavy (non-hydrogen) atoms. The Hall–Kier alpha value is -6.37. The van der Waals surface area contributed by atoms with Crippen LogP contribution in [0.25, 0.3) is 87.3 Å². The molecule has 4 aromatic heterocycles. The van der Waals surface area contributed by atoms with Gasteiger partial charge in [0.05, 0.1) is 23.3 Å². The molecule has 0 spiro atoms. The van der Waals surface area contributed by atoms with E-state index in [1.54, 1.807) is 17.5 Å². The normalized spacial score (nSPS) is 11.3. The van der Waals surface area contributed by atoms with Gasteiger partial charge >= 0.3 is 0 Å². The summed E-state index contributed by atoms with van der Waals surface area (Å²) in [4.78, 5) is 10.3. The first-order valence-electron chi connectivity index (χ1n) is 16.1. The first-order valence-corrected chi connectivity index (χ1v) is 16.9. The second-order valence-electron chi connectivity index (χ2n) is 11.7. The van der Waals surface area contributed by atoms with Crippen molar-refractivity contribution in [3.8, 4) is 67.2 Å². The molecule has 0 aliphatic heterocycles. The van der Waals surface area contributed by atoms with Gasteiger partial charge in [0.2, 0.25) is 0 Å². The zero-order chi connectivity index (χ0) is 32.6. The van der Waals surface area contributed by atoms with Crippen LogP contribution in [0.4, 0.5) is 0 Å². The van der Waals surface area contributed by atoms with Gasteiger partial charge in [0, 0.05) is 54.8 Å². The second kappa shape index (κ2) is 12.3. The molecule has 9 aromatic rings. The molecular weight excluding hydrogens is 619 g/mol. The Morgan fingerprint density at radius 1 is 0.429 bits per heavy atom. The lowest BCUT2D eigenvalue weighted by atomic mass is 9.84. The maximum absolute atomic E-state index is 5.40. The molecule has 0 atom stereocenters. The molecule has 9 rings (SSSR count). The topological polar surface area (TPSA) is 64.5 Å². The first kappa shape index (κ1) is 28.8. The van der Waals surface area contributed by atoms with Gasteiger partial charge in [0.1, 0.15) is 0 Å². The molecule has 5 aromatic carbocycles. The molecule has 0 saturated carbocycles. The van der Waals surface area contributed by atoms with E-state index in [2.05, 4.69) is 125 Å². The second-order valence-corrected chi connectivity index (χ2v) is 12.8. The zero-order valence-electron chi connectivity index (χ0n) is 26.2. The van der Waals surface area contributed by atoms with Crippen LogP contribution in [-0.4, -0.2) is 25.4 Å². The van der Waals surface area contributed by atoms with Crippen molar-refractivity contribution >= 4 is 31.5 Å². The van der Waals surface area contributed by atoms with E-state index in [0.29, 0.717) is 5.69 Å². The standard InChI is InChI=1S/C43H27N5S/c1-3-13-28(14-4-1)30-17-7-8-18-31(30)32-22-23-38-40(33-19-9-10-21-37(33)49-38)41(32)43-42(36-24-26-46-48-47-36)39(35-20-11-12-25-44-35)34(27-45-43)29-15-5-2-6-16-29/h1-27H. The molecule has 0 aliphatic rings. The molecule has 0 saturated heterocycles. The number of rotatable bonds is 6. The van der Waals surface area contributed by atoms with E-state index in [-0.39, 0.29) is 0 Å². The Labute approximate surface area is 287 Å². The monoisotopic (exact) mass is 645 g/mol. The van der Waals surface area contributed by atoms with Gasteiger partial charge in [0.15, 0.2) is 0 Å². The maximum Gasteiger partial charge on any atom is 0.0992 e. The average Bonchev–Trinajstić information content (AvgIpc) is 3.57. The number of hydrogen-bond acceptors (Lipinski definition) is 6.